The predicted octanol–water partition coefficient (Wildman–Crippen LogP) is 7.25. The average Bonchev–Trinajstić information content (AvgIpc) is 3.54. The Hall–Kier alpha value is -5.36. The van der Waals surface area contributed by atoms with E-state index in [4.69, 9.17) is 39.5 Å². The summed E-state index contributed by atoms with van der Waals surface area (Å²) in [6, 6.07) is 21.4. The van der Waals surface area contributed by atoms with E-state index in [1.807, 2.05) is 6.08 Å². The molecule has 1 saturated carbocycles. The molecule has 2 aliphatic carbocycles. The van der Waals surface area contributed by atoms with Crippen LogP contribution in [0.3, 0.4) is 0 Å². The summed E-state index contributed by atoms with van der Waals surface area (Å²) in [6.45, 7) is 0. The molecule has 4 amide bonds. The number of imide groups is 2. The number of phenolic OH excluding ortho intramolecular Hbond substituents is 1. The van der Waals surface area contributed by atoms with E-state index in [2.05, 4.69) is 5.43 Å². The summed E-state index contributed by atoms with van der Waals surface area (Å²) in [4.78, 5) is 71.6. The smallest absolute Gasteiger partial charge is 0.335 e. The third kappa shape index (κ3) is 5.28. The fraction of sp³-hybridized carbons (Fsp3) is 0.225. The van der Waals surface area contributed by atoms with Crippen molar-refractivity contribution in [3.05, 3.63) is 128 Å². The van der Waals surface area contributed by atoms with Crippen molar-refractivity contribution in [2.75, 3.05) is 17.4 Å². The van der Waals surface area contributed by atoms with Crippen LogP contribution in [0.2, 0.25) is 15.1 Å². The van der Waals surface area contributed by atoms with Gasteiger partial charge in [-0.05, 0) is 91.1 Å². The lowest BCUT2D eigenvalue weighted by molar-refractivity contribution is -0.138. The van der Waals surface area contributed by atoms with Gasteiger partial charge in [-0.3, -0.25) is 29.5 Å². The van der Waals surface area contributed by atoms with Gasteiger partial charge >= 0.3 is 5.97 Å². The van der Waals surface area contributed by atoms with E-state index in [1.165, 1.54) is 55.6 Å². The number of carboxylic acids is 1. The molecule has 2 saturated heterocycles. The number of carbonyl (C=O) groups is 5. The minimum atomic E-state index is -1.70. The second-order valence-electron chi connectivity index (χ2n) is 13.8. The van der Waals surface area contributed by atoms with Crippen LogP contribution in [-0.4, -0.2) is 51.9 Å². The molecule has 11 nitrogen and oxygen atoms in total. The van der Waals surface area contributed by atoms with Crippen LogP contribution in [0.4, 0.5) is 11.4 Å². The van der Waals surface area contributed by atoms with E-state index < -0.39 is 64.6 Å². The van der Waals surface area contributed by atoms with E-state index in [0.29, 0.717) is 21.9 Å². The van der Waals surface area contributed by atoms with E-state index >= 15 is 4.79 Å². The number of aromatic hydroxyl groups is 1. The largest absolute Gasteiger partial charge is 0.508 e. The number of ether oxygens (including phenoxy) is 1. The van der Waals surface area contributed by atoms with Gasteiger partial charge in [0, 0.05) is 21.5 Å². The summed E-state index contributed by atoms with van der Waals surface area (Å²) in [5.74, 6) is -7.90. The number of rotatable bonds is 7. The van der Waals surface area contributed by atoms with Gasteiger partial charge in [0.05, 0.1) is 52.2 Å². The summed E-state index contributed by atoms with van der Waals surface area (Å²) in [7, 11) is 1.50. The first-order valence-corrected chi connectivity index (χ1v) is 18.1. The number of amides is 4. The number of hydrogen-bond donors (Lipinski definition) is 3. The average molecular weight is 787 g/mol. The summed E-state index contributed by atoms with van der Waals surface area (Å²) in [5, 5.41) is 22.9. The number of anilines is 2. The van der Waals surface area contributed by atoms with Crippen LogP contribution < -0.4 is 15.1 Å². The van der Waals surface area contributed by atoms with Crippen molar-refractivity contribution in [1.82, 2.24) is 5.01 Å². The normalized spacial score (nSPS) is 25.9. The number of nitrogens with one attached hydrogen (secondary N) is 1. The topological polar surface area (TPSA) is 154 Å². The first-order chi connectivity index (χ1) is 25.9. The second-order valence-corrected chi connectivity index (χ2v) is 15.1. The van der Waals surface area contributed by atoms with E-state index in [-0.39, 0.29) is 51.1 Å². The van der Waals surface area contributed by atoms with Crippen LogP contribution in [0.25, 0.3) is 0 Å². The highest BCUT2D eigenvalue weighted by Crippen LogP contribution is 2.65. The fourth-order valence-electron chi connectivity index (χ4n) is 8.98. The molecule has 8 rings (SSSR count). The molecule has 4 aromatic rings. The lowest BCUT2D eigenvalue weighted by atomic mass is 9.49. The Kier molecular flexibility index (Phi) is 8.71. The van der Waals surface area contributed by atoms with Crippen molar-refractivity contribution < 1.29 is 38.9 Å². The summed E-state index contributed by atoms with van der Waals surface area (Å²) >= 11 is 19.2. The van der Waals surface area contributed by atoms with Crippen LogP contribution in [-0.2, 0) is 24.6 Å². The molecule has 2 heterocycles. The molecule has 3 fully saturated rings. The number of hydrazine groups is 1. The van der Waals surface area contributed by atoms with Crippen molar-refractivity contribution >= 4 is 75.8 Å². The van der Waals surface area contributed by atoms with Gasteiger partial charge in [0.15, 0.2) is 0 Å². The maximum absolute atomic E-state index is 15.4. The van der Waals surface area contributed by atoms with Crippen molar-refractivity contribution in [1.29, 1.82) is 0 Å². The molecule has 4 aromatic carbocycles. The van der Waals surface area contributed by atoms with Gasteiger partial charge in [-0.2, -0.15) is 5.01 Å². The van der Waals surface area contributed by atoms with Crippen LogP contribution in [0, 0.1) is 23.7 Å². The Labute approximate surface area is 323 Å². The molecule has 2 aliphatic heterocycles. The molecule has 3 N–H and O–H groups in total. The van der Waals surface area contributed by atoms with Crippen LogP contribution >= 0.6 is 34.8 Å². The minimum Gasteiger partial charge on any atom is -0.508 e. The Morgan fingerprint density at radius 2 is 1.59 bits per heavy atom. The number of benzene rings is 4. The maximum Gasteiger partial charge on any atom is 0.335 e. The molecule has 0 radical (unpaired) electrons. The van der Waals surface area contributed by atoms with Gasteiger partial charge in [-0.25, -0.2) is 4.79 Å². The number of carbonyl (C=O) groups excluding carboxylic acids is 4. The minimum absolute atomic E-state index is 0.0179. The zero-order valence-corrected chi connectivity index (χ0v) is 30.6. The first-order valence-electron chi connectivity index (χ1n) is 17.0. The van der Waals surface area contributed by atoms with E-state index in [9.17, 15) is 29.4 Å². The number of nitrogens with zero attached hydrogens (tertiary/aromatic N) is 2. The molecule has 274 valence electrons. The zero-order chi connectivity index (χ0) is 38.2. The van der Waals surface area contributed by atoms with Gasteiger partial charge < -0.3 is 14.9 Å². The number of halogens is 3. The Bertz CT molecular complexity index is 2330. The summed E-state index contributed by atoms with van der Waals surface area (Å²) in [5.41, 5.74) is 2.79. The lowest BCUT2D eigenvalue weighted by Gasteiger charge is -2.50. The quantitative estimate of drug-likeness (QED) is 0.130. The number of fused-ring (bicyclic) bond motifs is 4. The number of phenols is 1. The number of hydrogen-bond acceptors (Lipinski definition) is 8. The number of methoxy groups -OCH3 is 1. The molecule has 4 aliphatic rings. The van der Waals surface area contributed by atoms with Crippen LogP contribution in [0.5, 0.6) is 11.5 Å². The van der Waals surface area contributed by atoms with Gasteiger partial charge in [0.1, 0.15) is 11.5 Å². The van der Waals surface area contributed by atoms with Gasteiger partial charge in [-0.1, -0.05) is 64.7 Å². The van der Waals surface area contributed by atoms with Gasteiger partial charge in [0.25, 0.3) is 11.8 Å². The lowest BCUT2D eigenvalue weighted by Crippen LogP contribution is -2.53. The van der Waals surface area contributed by atoms with Crippen LogP contribution in [0.1, 0.15) is 40.2 Å². The highest BCUT2D eigenvalue weighted by molar-refractivity contribution is 6.36. The summed E-state index contributed by atoms with van der Waals surface area (Å²) in [6.07, 6.45) is 1.93. The molecule has 0 bridgehead atoms. The standard InChI is InChI=1S/C40H30Cl3N3O8/c1-54-24-9-5-20(6-10-24)40-29(36(49)46(39(40)53)44-31-13-7-22(42)17-30(31)43)18-27-25(34(40)28-16-21(41)8-14-32(28)47)11-12-26-33(27)37(50)45(35(26)48)23-4-2-3-19(15-23)38(51)52/h2-11,13-17,26-27,29,33-34,44,47H,12,18H2,1H3,(H,51,52). The Balaban J connectivity index is 1.33. The molecule has 6 unspecified atom stereocenters. The molecule has 54 heavy (non-hydrogen) atoms. The van der Waals surface area contributed by atoms with Gasteiger partial charge in [-0.15, -0.1) is 0 Å². The maximum atomic E-state index is 15.4. The molecular weight excluding hydrogens is 757 g/mol. The summed E-state index contributed by atoms with van der Waals surface area (Å²) < 4.78 is 5.43. The SMILES string of the molecule is COc1ccc(C23C(=O)N(Nc4ccc(Cl)cc4Cl)C(=O)C2CC2C(=CCC4C(=O)N(c5cccc(C(=O)O)c5)C(=O)C42)C3c2cc(Cl)ccc2O)cc1. The first kappa shape index (κ1) is 35.7. The fourth-order valence-corrected chi connectivity index (χ4v) is 9.61. The van der Waals surface area contributed by atoms with Crippen molar-refractivity contribution in [2.45, 2.75) is 24.2 Å². The van der Waals surface area contributed by atoms with Crippen molar-refractivity contribution in [3.63, 3.8) is 0 Å². The van der Waals surface area contributed by atoms with Crippen molar-refractivity contribution in [2.24, 2.45) is 23.7 Å². The van der Waals surface area contributed by atoms with Crippen molar-refractivity contribution in [3.8, 4) is 11.5 Å². The molecule has 0 spiro atoms. The third-order valence-corrected chi connectivity index (χ3v) is 12.0. The van der Waals surface area contributed by atoms with E-state index in [1.54, 1.807) is 36.4 Å². The highest BCUT2D eigenvalue weighted by atomic mass is 35.5. The Morgan fingerprint density at radius 3 is 2.30 bits per heavy atom. The predicted molar refractivity (Wildman–Crippen MR) is 200 cm³/mol. The number of allylic oxidation sites excluding steroid dienone is 2. The zero-order valence-electron chi connectivity index (χ0n) is 28.3. The second kappa shape index (κ2) is 13.2. The molecule has 14 heteroatoms. The molecular formula is C40H30Cl3N3O8. The van der Waals surface area contributed by atoms with Crippen LogP contribution in [0.15, 0.2) is 96.6 Å². The van der Waals surface area contributed by atoms with Gasteiger partial charge in [0.2, 0.25) is 11.8 Å². The molecule has 6 atom stereocenters. The Morgan fingerprint density at radius 1 is 0.870 bits per heavy atom. The monoisotopic (exact) mass is 785 g/mol. The number of aromatic carboxylic acids is 1. The highest BCUT2D eigenvalue weighted by Gasteiger charge is 2.70. The third-order valence-electron chi connectivity index (χ3n) is 11.2. The molecule has 0 aromatic heterocycles. The number of carboxylic acid groups (broad SMARTS) is 1. The van der Waals surface area contributed by atoms with E-state index in [0.717, 1.165) is 9.91 Å².